The van der Waals surface area contributed by atoms with Crippen molar-refractivity contribution in [2.45, 2.75) is 25.3 Å². The number of hydrogen-bond donors (Lipinski definition) is 1. The highest BCUT2D eigenvalue weighted by Crippen LogP contribution is 2.37. The maximum Gasteiger partial charge on any atom is 0.223 e. The van der Waals surface area contributed by atoms with Crippen LogP contribution in [0.1, 0.15) is 19.3 Å². The molecule has 3 atom stereocenters. The van der Waals surface area contributed by atoms with E-state index in [4.69, 9.17) is 5.73 Å². The van der Waals surface area contributed by atoms with Crippen molar-refractivity contribution in [3.8, 4) is 0 Å². The first-order chi connectivity index (χ1) is 12.2. The number of nitrogens with zero attached hydrogens (tertiary/aromatic N) is 4. The van der Waals surface area contributed by atoms with Crippen LogP contribution in [0, 0.1) is 11.8 Å². The minimum absolute atomic E-state index is 0. The van der Waals surface area contributed by atoms with E-state index in [9.17, 15) is 4.79 Å². The minimum Gasteiger partial charge on any atom is -0.354 e. The topological polar surface area (TPSA) is 65.7 Å². The molecule has 3 unspecified atom stereocenters. The Hall–Kier alpha value is -1.08. The Labute approximate surface area is 174 Å². The predicted molar refractivity (Wildman–Crippen MR) is 113 cm³/mol. The fraction of sp³-hybridized carbons (Fsp3) is 0.684. The van der Waals surface area contributed by atoms with Gasteiger partial charge in [-0.05, 0) is 36.8 Å². The molecule has 1 aliphatic carbocycles. The van der Waals surface area contributed by atoms with E-state index in [1.807, 2.05) is 18.3 Å². The van der Waals surface area contributed by atoms with E-state index in [0.29, 0.717) is 30.2 Å². The van der Waals surface area contributed by atoms with Gasteiger partial charge in [-0.3, -0.25) is 9.69 Å². The van der Waals surface area contributed by atoms with Crippen LogP contribution in [-0.2, 0) is 4.79 Å². The zero-order valence-corrected chi connectivity index (χ0v) is 17.3. The molecule has 1 saturated carbocycles. The largest absolute Gasteiger partial charge is 0.354 e. The Morgan fingerprint density at radius 3 is 2.56 bits per heavy atom. The number of aromatic nitrogens is 1. The molecule has 4 rings (SSSR count). The Kier molecular flexibility index (Phi) is 8.16. The number of halogens is 2. The molecule has 3 heterocycles. The summed E-state index contributed by atoms with van der Waals surface area (Å²) in [5.41, 5.74) is 6.18. The number of likely N-dealkylation sites (tertiary alicyclic amines) is 1. The monoisotopic (exact) mass is 415 g/mol. The number of anilines is 1. The van der Waals surface area contributed by atoms with Crippen molar-refractivity contribution in [1.29, 1.82) is 0 Å². The number of carbonyl (C=O) groups excluding carboxylic acids is 1. The molecule has 6 nitrogen and oxygen atoms in total. The fourth-order valence-electron chi connectivity index (χ4n) is 4.66. The molecule has 1 aromatic rings. The van der Waals surface area contributed by atoms with Crippen molar-refractivity contribution in [2.24, 2.45) is 17.6 Å². The summed E-state index contributed by atoms with van der Waals surface area (Å²) < 4.78 is 0. The highest BCUT2D eigenvalue weighted by Gasteiger charge is 2.42. The van der Waals surface area contributed by atoms with E-state index in [0.717, 1.165) is 58.1 Å². The van der Waals surface area contributed by atoms with Crippen LogP contribution in [0.4, 0.5) is 5.82 Å². The van der Waals surface area contributed by atoms with E-state index in [2.05, 4.69) is 25.8 Å². The summed E-state index contributed by atoms with van der Waals surface area (Å²) >= 11 is 0. The van der Waals surface area contributed by atoms with Gasteiger partial charge in [-0.15, -0.1) is 24.8 Å². The number of hydrogen-bond acceptors (Lipinski definition) is 5. The van der Waals surface area contributed by atoms with E-state index >= 15 is 0 Å². The molecule has 0 bridgehead atoms. The quantitative estimate of drug-likeness (QED) is 0.809. The molecule has 0 aromatic carbocycles. The summed E-state index contributed by atoms with van der Waals surface area (Å²) in [5, 5.41) is 0. The van der Waals surface area contributed by atoms with Gasteiger partial charge in [0, 0.05) is 64.5 Å². The molecular weight excluding hydrogens is 385 g/mol. The van der Waals surface area contributed by atoms with Gasteiger partial charge in [-0.25, -0.2) is 4.98 Å². The van der Waals surface area contributed by atoms with Crippen molar-refractivity contribution in [2.75, 3.05) is 50.7 Å². The second-order valence-electron chi connectivity index (χ2n) is 7.73. The molecule has 8 heteroatoms. The fourth-order valence-corrected chi connectivity index (χ4v) is 4.66. The second-order valence-corrected chi connectivity index (χ2v) is 7.73. The van der Waals surface area contributed by atoms with Crippen LogP contribution in [0.2, 0.25) is 0 Å². The number of rotatable bonds is 4. The number of piperazine rings is 1. The number of pyridine rings is 1. The van der Waals surface area contributed by atoms with Crippen molar-refractivity contribution >= 4 is 36.5 Å². The molecular formula is C19H31Cl2N5O. The Morgan fingerprint density at radius 1 is 1.11 bits per heavy atom. The Morgan fingerprint density at radius 2 is 1.89 bits per heavy atom. The molecule has 2 N–H and O–H groups in total. The van der Waals surface area contributed by atoms with Gasteiger partial charge in [0.2, 0.25) is 5.91 Å². The smallest absolute Gasteiger partial charge is 0.223 e. The first kappa shape index (κ1) is 22.2. The standard InChI is InChI=1S/C19H29N5O.2ClH/c20-17-5-4-15-13-24(14-16(15)17)19(25)6-8-22-9-11-23(12-10-22)18-3-1-2-7-21-18;;/h1-3,7,15-17H,4-6,8-14,20H2;2*1H. The van der Waals surface area contributed by atoms with Crippen LogP contribution in [0.3, 0.4) is 0 Å². The van der Waals surface area contributed by atoms with E-state index in [-0.39, 0.29) is 24.8 Å². The van der Waals surface area contributed by atoms with Crippen LogP contribution >= 0.6 is 24.8 Å². The van der Waals surface area contributed by atoms with Crippen LogP contribution in [0.5, 0.6) is 0 Å². The Bertz CT molecular complexity index is 597. The van der Waals surface area contributed by atoms with Crippen molar-refractivity contribution < 1.29 is 4.79 Å². The zero-order valence-electron chi connectivity index (χ0n) is 15.7. The van der Waals surface area contributed by atoms with Crippen LogP contribution in [-0.4, -0.2) is 72.5 Å². The third-order valence-electron chi connectivity index (χ3n) is 6.25. The maximum absolute atomic E-state index is 12.5. The third-order valence-corrected chi connectivity index (χ3v) is 6.25. The molecule has 1 aromatic heterocycles. The number of fused-ring (bicyclic) bond motifs is 1. The van der Waals surface area contributed by atoms with Crippen LogP contribution in [0.25, 0.3) is 0 Å². The van der Waals surface area contributed by atoms with Gasteiger partial charge in [0.25, 0.3) is 0 Å². The van der Waals surface area contributed by atoms with Gasteiger partial charge < -0.3 is 15.5 Å². The highest BCUT2D eigenvalue weighted by molar-refractivity contribution is 5.85. The van der Waals surface area contributed by atoms with Crippen molar-refractivity contribution in [1.82, 2.24) is 14.8 Å². The van der Waals surface area contributed by atoms with Gasteiger partial charge in [0.05, 0.1) is 0 Å². The number of carbonyl (C=O) groups is 1. The van der Waals surface area contributed by atoms with E-state index < -0.39 is 0 Å². The lowest BCUT2D eigenvalue weighted by Crippen LogP contribution is -2.47. The number of amides is 1. The average molecular weight is 416 g/mol. The molecule has 27 heavy (non-hydrogen) atoms. The van der Waals surface area contributed by atoms with Gasteiger partial charge in [-0.1, -0.05) is 6.07 Å². The lowest BCUT2D eigenvalue weighted by Gasteiger charge is -2.35. The highest BCUT2D eigenvalue weighted by atomic mass is 35.5. The van der Waals surface area contributed by atoms with Crippen LogP contribution < -0.4 is 10.6 Å². The molecule has 2 aliphatic heterocycles. The normalized spacial score (nSPS) is 27.7. The molecule has 0 radical (unpaired) electrons. The average Bonchev–Trinajstić information content (AvgIpc) is 3.23. The minimum atomic E-state index is 0. The number of nitrogens with two attached hydrogens (primary N) is 1. The summed E-state index contributed by atoms with van der Waals surface area (Å²) in [6.07, 6.45) is 4.82. The lowest BCUT2D eigenvalue weighted by atomic mass is 9.98. The Balaban J connectivity index is 0.00000131. The first-order valence-corrected chi connectivity index (χ1v) is 9.62. The lowest BCUT2D eigenvalue weighted by molar-refractivity contribution is -0.130. The summed E-state index contributed by atoms with van der Waals surface area (Å²) in [6, 6.07) is 6.35. The van der Waals surface area contributed by atoms with Gasteiger partial charge in [0.1, 0.15) is 5.82 Å². The predicted octanol–water partition coefficient (Wildman–Crippen LogP) is 1.63. The van der Waals surface area contributed by atoms with Gasteiger partial charge in [0.15, 0.2) is 0 Å². The second kappa shape index (κ2) is 9.92. The SMILES string of the molecule is Cl.Cl.NC1CCC2CN(C(=O)CCN3CCN(c4ccccn4)CC3)CC12. The molecule has 0 spiro atoms. The summed E-state index contributed by atoms with van der Waals surface area (Å²) in [7, 11) is 0. The summed E-state index contributed by atoms with van der Waals surface area (Å²) in [4.78, 5) is 23.8. The van der Waals surface area contributed by atoms with Gasteiger partial charge in [-0.2, -0.15) is 0 Å². The van der Waals surface area contributed by atoms with E-state index in [1.165, 1.54) is 6.42 Å². The van der Waals surface area contributed by atoms with Gasteiger partial charge >= 0.3 is 0 Å². The summed E-state index contributed by atoms with van der Waals surface area (Å²) in [5.74, 6) is 2.57. The molecule has 152 valence electrons. The van der Waals surface area contributed by atoms with Crippen molar-refractivity contribution in [3.63, 3.8) is 0 Å². The molecule has 3 aliphatic rings. The first-order valence-electron chi connectivity index (χ1n) is 9.62. The third kappa shape index (κ3) is 5.05. The summed E-state index contributed by atoms with van der Waals surface area (Å²) in [6.45, 7) is 6.65. The van der Waals surface area contributed by atoms with Crippen molar-refractivity contribution in [3.05, 3.63) is 24.4 Å². The molecule has 3 fully saturated rings. The molecule has 2 saturated heterocycles. The molecule has 1 amide bonds. The van der Waals surface area contributed by atoms with Crippen LogP contribution in [0.15, 0.2) is 24.4 Å². The zero-order chi connectivity index (χ0) is 17.2. The maximum atomic E-state index is 12.5. The van der Waals surface area contributed by atoms with E-state index in [1.54, 1.807) is 0 Å².